The molecule has 0 N–H and O–H groups in total. The Labute approximate surface area is 589 Å². The van der Waals surface area contributed by atoms with Crippen molar-refractivity contribution in [3.63, 3.8) is 0 Å². The van der Waals surface area contributed by atoms with E-state index >= 15 is 0 Å². The van der Waals surface area contributed by atoms with Crippen LogP contribution >= 0.6 is 0 Å². The third-order valence-electron chi connectivity index (χ3n) is 24.1. The maximum atomic E-state index is 2.57. The SMILES string of the molecule is CC1(C)c2ccccc2-c2ccc(N(c3ccc4c(c3)C(C)(C)c3ccccc3-4)c3ccc4c(-c5ccc(-c6ccccc6)cc5)c5cc(N(c6ccc7c(c6)C(C)(C)c6ccccc6-7)c6ccc7c(c6)C(C)(C)c6ccccc6-7)ccc5c(C5=CC=C(C6=CC=CCC6)CC5)c4c3)cc21. The number of allylic oxidation sites excluding steroid dienone is 8. The summed E-state index contributed by atoms with van der Waals surface area (Å²) in [4.78, 5) is 5.14. The van der Waals surface area contributed by atoms with Crippen molar-refractivity contribution in [2.45, 2.75) is 103 Å². The number of nitrogens with zero attached hydrogens (tertiary/aromatic N) is 2. The molecule has 0 fully saturated rings. The molecule has 0 radical (unpaired) electrons. The smallest absolute Gasteiger partial charge is 0.0468 e. The molecular formula is C98H80N2. The van der Waals surface area contributed by atoms with Gasteiger partial charge in [0.1, 0.15) is 0 Å². The van der Waals surface area contributed by atoms with Gasteiger partial charge in [0.05, 0.1) is 0 Å². The zero-order valence-corrected chi connectivity index (χ0v) is 58.4. The predicted octanol–water partition coefficient (Wildman–Crippen LogP) is 26.9. The van der Waals surface area contributed by atoms with Crippen LogP contribution in [-0.2, 0) is 21.7 Å². The Bertz CT molecular complexity index is 5560. The standard InChI is InChI=1S/C98H80N2/c1-95(2)85-31-19-15-27-73(85)77-49-43-69(57-89(77)95)99(70-44-50-78-74-28-16-20-32-86(74)96(3,4)90(78)58-70)67-47-53-81-83(55-67)93(65-39-35-63(36-40-65)61-23-11-9-12-24-61)82-54-48-68(56-84(82)94(81)66-41-37-64(38-42-66)62-25-13-10-14-26-62)100(71-45-51-79-75-29-17-21-33-87(75)97(5,6)91(79)59-71)72-46-52-80-76-30-18-22-34-88(76)98(7,8)92(80)60-72/h9-13,15-25,27-37,39-41,43-60H,14,26,38,42H2,1-8H3. The molecular weight excluding hydrogens is 1210 g/mol. The van der Waals surface area contributed by atoms with Crippen LogP contribution in [0.2, 0.25) is 0 Å². The molecule has 0 saturated heterocycles. The van der Waals surface area contributed by atoms with Gasteiger partial charge in [-0.1, -0.05) is 274 Å². The highest BCUT2D eigenvalue weighted by molar-refractivity contribution is 6.20. The molecule has 100 heavy (non-hydrogen) atoms. The first kappa shape index (κ1) is 60.1. The molecule has 6 aliphatic rings. The first-order valence-corrected chi connectivity index (χ1v) is 36.1. The fourth-order valence-electron chi connectivity index (χ4n) is 18.8. The minimum atomic E-state index is -0.196. The number of benzene rings is 13. The van der Waals surface area contributed by atoms with Crippen LogP contribution < -0.4 is 9.80 Å². The normalized spacial score (nSPS) is 16.3. The van der Waals surface area contributed by atoms with Crippen molar-refractivity contribution < 1.29 is 0 Å². The quantitative estimate of drug-likeness (QED) is 0.126. The fraction of sp³-hybridized carbons (Fsp3) is 0.163. The van der Waals surface area contributed by atoms with Crippen LogP contribution in [0.1, 0.15) is 131 Å². The summed E-state index contributed by atoms with van der Waals surface area (Å²) in [6.07, 6.45) is 15.9. The Morgan fingerprint density at radius 1 is 0.240 bits per heavy atom. The largest absolute Gasteiger partial charge is 0.310 e. The Balaban J connectivity index is 0.879. The third kappa shape index (κ3) is 9.01. The van der Waals surface area contributed by atoms with Gasteiger partial charge in [0.2, 0.25) is 0 Å². The van der Waals surface area contributed by atoms with E-state index in [2.05, 4.69) is 356 Å². The van der Waals surface area contributed by atoms with Crippen molar-refractivity contribution >= 4 is 61.2 Å². The van der Waals surface area contributed by atoms with Gasteiger partial charge >= 0.3 is 0 Å². The first-order valence-electron chi connectivity index (χ1n) is 36.1. The molecule has 0 aliphatic heterocycles. The van der Waals surface area contributed by atoms with Gasteiger partial charge in [-0.3, -0.25) is 0 Å². The van der Waals surface area contributed by atoms with E-state index in [1.807, 2.05) is 0 Å². The van der Waals surface area contributed by atoms with Crippen LogP contribution in [0.25, 0.3) is 93.9 Å². The maximum absolute atomic E-state index is 2.57. The Kier molecular flexibility index (Phi) is 13.4. The molecule has 0 spiro atoms. The van der Waals surface area contributed by atoms with Crippen molar-refractivity contribution in [1.29, 1.82) is 0 Å². The number of rotatable bonds is 10. The third-order valence-corrected chi connectivity index (χ3v) is 24.1. The van der Waals surface area contributed by atoms with Gasteiger partial charge in [0, 0.05) is 55.8 Å². The van der Waals surface area contributed by atoms with Crippen molar-refractivity contribution in [2.24, 2.45) is 0 Å². The molecule has 19 rings (SSSR count). The zero-order chi connectivity index (χ0) is 67.6. The van der Waals surface area contributed by atoms with Crippen LogP contribution in [0.3, 0.4) is 0 Å². The average Bonchev–Trinajstić information content (AvgIpc) is 0.947. The average molecular weight is 1290 g/mol. The molecule has 6 aliphatic carbocycles. The predicted molar refractivity (Wildman–Crippen MR) is 424 cm³/mol. The van der Waals surface area contributed by atoms with Crippen LogP contribution in [0, 0.1) is 0 Å². The number of hydrogen-bond donors (Lipinski definition) is 0. The van der Waals surface area contributed by atoms with Crippen molar-refractivity contribution in [3.05, 3.63) is 352 Å². The lowest BCUT2D eigenvalue weighted by Gasteiger charge is -2.31. The summed E-state index contributed by atoms with van der Waals surface area (Å²) < 4.78 is 0. The molecule has 0 saturated carbocycles. The molecule has 0 amide bonds. The second-order valence-electron chi connectivity index (χ2n) is 31.0. The summed E-state index contributed by atoms with van der Waals surface area (Å²) >= 11 is 0. The van der Waals surface area contributed by atoms with Gasteiger partial charge in [-0.15, -0.1) is 0 Å². The monoisotopic (exact) mass is 1280 g/mol. The van der Waals surface area contributed by atoms with Crippen molar-refractivity contribution in [1.82, 2.24) is 0 Å². The molecule has 0 unspecified atom stereocenters. The summed E-state index contributed by atoms with van der Waals surface area (Å²) in [6.45, 7) is 19.2. The minimum Gasteiger partial charge on any atom is -0.310 e. The Morgan fingerprint density at radius 3 is 0.960 bits per heavy atom. The molecule has 0 atom stereocenters. The van der Waals surface area contributed by atoms with E-state index in [4.69, 9.17) is 0 Å². The summed E-state index contributed by atoms with van der Waals surface area (Å²) in [7, 11) is 0. The van der Waals surface area contributed by atoms with E-state index < -0.39 is 0 Å². The van der Waals surface area contributed by atoms with Gasteiger partial charge < -0.3 is 9.80 Å². The Morgan fingerprint density at radius 2 is 0.560 bits per heavy atom. The van der Waals surface area contributed by atoms with Crippen molar-refractivity contribution in [2.75, 3.05) is 9.80 Å². The summed E-state index contributed by atoms with van der Waals surface area (Å²) in [5, 5.41) is 4.94. The first-order chi connectivity index (χ1) is 48.6. The van der Waals surface area contributed by atoms with Crippen LogP contribution in [0.5, 0.6) is 0 Å². The molecule has 2 heteroatoms. The van der Waals surface area contributed by atoms with Gasteiger partial charge in [-0.25, -0.2) is 0 Å². The molecule has 13 aromatic rings. The maximum Gasteiger partial charge on any atom is 0.0468 e. The van der Waals surface area contributed by atoms with E-state index in [0.29, 0.717) is 0 Å². The number of anilines is 6. The van der Waals surface area contributed by atoms with Crippen LogP contribution in [0.4, 0.5) is 34.1 Å². The molecule has 13 aromatic carbocycles. The van der Waals surface area contributed by atoms with Gasteiger partial charge in [-0.2, -0.15) is 0 Å². The molecule has 0 bridgehead atoms. The van der Waals surface area contributed by atoms with Crippen molar-refractivity contribution in [3.8, 4) is 66.8 Å². The van der Waals surface area contributed by atoms with Crippen LogP contribution in [0.15, 0.2) is 302 Å². The molecule has 482 valence electrons. The van der Waals surface area contributed by atoms with Gasteiger partial charge in [-0.05, 0) is 254 Å². The highest BCUT2D eigenvalue weighted by Crippen LogP contribution is 2.58. The second kappa shape index (κ2) is 22.2. The van der Waals surface area contributed by atoms with Crippen LogP contribution in [-0.4, -0.2) is 0 Å². The number of hydrogen-bond acceptors (Lipinski definition) is 2. The minimum absolute atomic E-state index is 0.195. The van der Waals surface area contributed by atoms with E-state index in [0.717, 1.165) is 59.8 Å². The van der Waals surface area contributed by atoms with E-state index in [1.54, 1.807) is 0 Å². The van der Waals surface area contributed by atoms with Gasteiger partial charge in [0.25, 0.3) is 0 Å². The second-order valence-corrected chi connectivity index (χ2v) is 31.0. The highest BCUT2D eigenvalue weighted by atomic mass is 15.1. The van der Waals surface area contributed by atoms with E-state index in [-0.39, 0.29) is 21.7 Å². The summed E-state index contributed by atoms with van der Waals surface area (Å²) in [6, 6.07) is 101. The Hall–Kier alpha value is -11.1. The summed E-state index contributed by atoms with van der Waals surface area (Å²) in [5.74, 6) is 0. The van der Waals surface area contributed by atoms with E-state index in [9.17, 15) is 0 Å². The number of fused-ring (bicyclic) bond motifs is 14. The molecule has 0 aromatic heterocycles. The van der Waals surface area contributed by atoms with E-state index in [1.165, 1.54) is 155 Å². The lowest BCUT2D eigenvalue weighted by Crippen LogP contribution is -2.18. The lowest BCUT2D eigenvalue weighted by atomic mass is 9.81. The highest BCUT2D eigenvalue weighted by Gasteiger charge is 2.41. The lowest BCUT2D eigenvalue weighted by molar-refractivity contribution is 0.659. The van der Waals surface area contributed by atoms with Gasteiger partial charge in [0.15, 0.2) is 0 Å². The zero-order valence-electron chi connectivity index (χ0n) is 58.4. The fourth-order valence-corrected chi connectivity index (χ4v) is 18.8. The topological polar surface area (TPSA) is 6.48 Å². The summed E-state index contributed by atoms with van der Waals surface area (Å²) in [5.41, 5.74) is 37.9. The molecule has 2 nitrogen and oxygen atoms in total. The molecule has 0 heterocycles.